The number of amidine groups is 1. The summed E-state index contributed by atoms with van der Waals surface area (Å²) < 4.78 is 43.6. The van der Waals surface area contributed by atoms with E-state index in [2.05, 4.69) is 15.8 Å². The maximum absolute atomic E-state index is 12.7. The van der Waals surface area contributed by atoms with Crippen LogP contribution < -0.4 is 15.4 Å². The van der Waals surface area contributed by atoms with E-state index in [0.29, 0.717) is 6.07 Å². The second-order valence-corrected chi connectivity index (χ2v) is 5.74. The Morgan fingerprint density at radius 1 is 1.28 bits per heavy atom. The van der Waals surface area contributed by atoms with Gasteiger partial charge in [0.15, 0.2) is 5.84 Å². The third-order valence-corrected chi connectivity index (χ3v) is 3.76. The van der Waals surface area contributed by atoms with Gasteiger partial charge in [0.1, 0.15) is 17.1 Å². The number of carbonyl (C=O) groups is 1. The summed E-state index contributed by atoms with van der Waals surface area (Å²) in [7, 11) is 1.27. The summed E-state index contributed by atoms with van der Waals surface area (Å²) >= 11 is 5.82. The van der Waals surface area contributed by atoms with Crippen molar-refractivity contribution in [1.82, 2.24) is 10.6 Å². The van der Waals surface area contributed by atoms with Crippen molar-refractivity contribution >= 4 is 29.2 Å². The largest absolute Gasteiger partial charge is 0.456 e. The predicted molar refractivity (Wildman–Crippen MR) is 95.5 cm³/mol. The highest BCUT2D eigenvalue weighted by atomic mass is 35.5. The van der Waals surface area contributed by atoms with E-state index in [4.69, 9.17) is 21.5 Å². The Balaban J connectivity index is 2.43. The molecule has 3 N–H and O–H groups in total. The highest BCUT2D eigenvalue weighted by molar-refractivity contribution is 6.32. The van der Waals surface area contributed by atoms with Gasteiger partial charge in [0.25, 0.3) is 5.69 Å². The molecule has 0 atom stereocenters. The maximum atomic E-state index is 12.7. The molecular formula is C16H12ClF3N4O5. The summed E-state index contributed by atoms with van der Waals surface area (Å²) in [4.78, 5) is 21.9. The van der Waals surface area contributed by atoms with Crippen LogP contribution in [0.15, 0.2) is 41.6 Å². The van der Waals surface area contributed by atoms with Crippen LogP contribution in [0.5, 0.6) is 11.5 Å². The van der Waals surface area contributed by atoms with Gasteiger partial charge in [-0.15, -0.1) is 0 Å². The molecule has 2 rings (SSSR count). The lowest BCUT2D eigenvalue weighted by Gasteiger charge is -2.12. The van der Waals surface area contributed by atoms with E-state index in [1.54, 1.807) is 0 Å². The minimum Gasteiger partial charge on any atom is -0.456 e. The summed E-state index contributed by atoms with van der Waals surface area (Å²) in [6.45, 7) is 0. The molecule has 0 radical (unpaired) electrons. The van der Waals surface area contributed by atoms with Crippen LogP contribution in [-0.4, -0.2) is 29.0 Å². The Morgan fingerprint density at radius 3 is 2.48 bits per heavy atom. The molecule has 0 bridgehead atoms. The molecule has 2 amide bonds. The van der Waals surface area contributed by atoms with Crippen LogP contribution in [-0.2, 0) is 6.18 Å². The number of oxime groups is 1. The van der Waals surface area contributed by atoms with Crippen LogP contribution >= 0.6 is 11.6 Å². The number of nitrogens with one attached hydrogen (secondary N) is 2. The van der Waals surface area contributed by atoms with Crippen LogP contribution in [0, 0.1) is 10.1 Å². The number of nitro groups is 1. The number of carbonyl (C=O) groups excluding carboxylic acids is 1. The molecule has 13 heteroatoms. The number of amides is 2. The molecule has 0 unspecified atom stereocenters. The summed E-state index contributed by atoms with van der Waals surface area (Å²) in [6, 6.07) is 4.79. The first-order valence-electron chi connectivity index (χ1n) is 7.61. The van der Waals surface area contributed by atoms with E-state index >= 15 is 0 Å². The SMILES string of the molecule is CNC(=O)NC(=NO)c1cc(Oc2ccc(C(F)(F)F)cc2Cl)ccc1[N+](=O)[O-]. The van der Waals surface area contributed by atoms with Gasteiger partial charge in [0.05, 0.1) is 15.5 Å². The van der Waals surface area contributed by atoms with Crippen molar-refractivity contribution in [1.29, 1.82) is 0 Å². The van der Waals surface area contributed by atoms with Crippen molar-refractivity contribution in [3.8, 4) is 11.5 Å². The second-order valence-electron chi connectivity index (χ2n) is 5.33. The lowest BCUT2D eigenvalue weighted by molar-refractivity contribution is -0.385. The van der Waals surface area contributed by atoms with Gasteiger partial charge < -0.3 is 15.3 Å². The monoisotopic (exact) mass is 432 g/mol. The van der Waals surface area contributed by atoms with E-state index in [-0.39, 0.29) is 22.1 Å². The Kier molecular flexibility index (Phi) is 6.49. The Morgan fingerprint density at radius 2 is 1.97 bits per heavy atom. The zero-order chi connectivity index (χ0) is 21.8. The van der Waals surface area contributed by atoms with E-state index in [1.165, 1.54) is 7.05 Å². The minimum atomic E-state index is -4.60. The molecule has 0 fully saturated rings. The summed E-state index contributed by atoms with van der Waals surface area (Å²) in [5, 5.41) is 27.1. The average Bonchev–Trinajstić information content (AvgIpc) is 2.66. The number of nitrogens with zero attached hydrogens (tertiary/aromatic N) is 2. The van der Waals surface area contributed by atoms with Crippen molar-refractivity contribution in [3.63, 3.8) is 0 Å². The van der Waals surface area contributed by atoms with Crippen LogP contribution in [0.25, 0.3) is 0 Å². The minimum absolute atomic E-state index is 0.0767. The van der Waals surface area contributed by atoms with Gasteiger partial charge in [0, 0.05) is 13.1 Å². The topological polar surface area (TPSA) is 126 Å². The van der Waals surface area contributed by atoms with Crippen LogP contribution in [0.4, 0.5) is 23.7 Å². The molecule has 9 nitrogen and oxygen atoms in total. The first-order chi connectivity index (χ1) is 13.6. The zero-order valence-corrected chi connectivity index (χ0v) is 15.2. The number of rotatable bonds is 4. The molecule has 0 aliphatic heterocycles. The number of halogens is 4. The highest BCUT2D eigenvalue weighted by Crippen LogP contribution is 2.37. The van der Waals surface area contributed by atoms with Gasteiger partial charge in [-0.1, -0.05) is 16.8 Å². The summed E-state index contributed by atoms with van der Waals surface area (Å²) in [6.07, 6.45) is -4.60. The van der Waals surface area contributed by atoms with Crippen molar-refractivity contribution < 1.29 is 32.8 Å². The smallest absolute Gasteiger partial charge is 0.416 e. The molecule has 2 aromatic rings. The lowest BCUT2D eigenvalue weighted by Crippen LogP contribution is -2.38. The van der Waals surface area contributed by atoms with Crippen LogP contribution in [0.2, 0.25) is 5.02 Å². The number of alkyl halides is 3. The van der Waals surface area contributed by atoms with E-state index in [1.807, 2.05) is 0 Å². The Bertz CT molecular complexity index is 982. The molecule has 0 aliphatic carbocycles. The fraction of sp³-hybridized carbons (Fsp3) is 0.125. The van der Waals surface area contributed by atoms with Crippen molar-refractivity contribution in [2.75, 3.05) is 7.05 Å². The lowest BCUT2D eigenvalue weighted by atomic mass is 10.1. The van der Waals surface area contributed by atoms with Gasteiger partial charge in [0.2, 0.25) is 0 Å². The Labute approximate surface area is 165 Å². The first-order valence-corrected chi connectivity index (χ1v) is 7.98. The average molecular weight is 433 g/mol. The third kappa shape index (κ3) is 5.25. The third-order valence-electron chi connectivity index (χ3n) is 3.47. The fourth-order valence-electron chi connectivity index (χ4n) is 2.13. The highest BCUT2D eigenvalue weighted by Gasteiger charge is 2.31. The second kappa shape index (κ2) is 8.65. The summed E-state index contributed by atoms with van der Waals surface area (Å²) in [5.41, 5.74) is -1.83. The molecule has 2 aromatic carbocycles. The Hall–Kier alpha value is -3.54. The van der Waals surface area contributed by atoms with Crippen LogP contribution in [0.3, 0.4) is 0 Å². The van der Waals surface area contributed by atoms with Crippen molar-refractivity contribution in [3.05, 3.63) is 62.7 Å². The number of benzene rings is 2. The molecule has 0 saturated carbocycles. The van der Waals surface area contributed by atoms with Gasteiger partial charge in [-0.3, -0.25) is 15.4 Å². The number of hydrogen-bond donors (Lipinski definition) is 3. The number of nitro benzene ring substituents is 1. The quantitative estimate of drug-likeness (QED) is 0.220. The fourth-order valence-corrected chi connectivity index (χ4v) is 2.35. The number of ether oxygens (including phenoxy) is 1. The van der Waals surface area contributed by atoms with E-state index in [9.17, 15) is 28.1 Å². The van der Waals surface area contributed by atoms with Crippen LogP contribution in [0.1, 0.15) is 11.1 Å². The van der Waals surface area contributed by atoms with E-state index in [0.717, 1.165) is 30.3 Å². The van der Waals surface area contributed by atoms with E-state index < -0.39 is 34.2 Å². The van der Waals surface area contributed by atoms with Crippen molar-refractivity contribution in [2.24, 2.45) is 5.16 Å². The summed E-state index contributed by atoms with van der Waals surface area (Å²) in [5.74, 6) is -0.784. The normalized spacial score (nSPS) is 11.7. The molecule has 29 heavy (non-hydrogen) atoms. The van der Waals surface area contributed by atoms with Gasteiger partial charge in [-0.05, 0) is 30.3 Å². The standard InChI is InChI=1S/C16H12ClF3N4O5/c1-21-15(25)22-14(23-26)10-7-9(3-4-12(10)24(27)28)29-13-5-2-8(6-11(13)17)16(18,19)20/h2-7,26H,1H3,(H2,21,22,23,25). The molecule has 0 aromatic heterocycles. The van der Waals surface area contributed by atoms with Crippen molar-refractivity contribution in [2.45, 2.75) is 6.18 Å². The maximum Gasteiger partial charge on any atom is 0.416 e. The molecule has 154 valence electrons. The number of urea groups is 1. The molecule has 0 saturated heterocycles. The predicted octanol–water partition coefficient (Wildman–Crippen LogP) is 4.12. The molecule has 0 heterocycles. The molecular weight excluding hydrogens is 421 g/mol. The first kappa shape index (κ1) is 21.8. The zero-order valence-electron chi connectivity index (χ0n) is 14.5. The van der Waals surface area contributed by atoms with Gasteiger partial charge in [-0.2, -0.15) is 13.2 Å². The molecule has 0 aliphatic rings. The van der Waals surface area contributed by atoms with Gasteiger partial charge >= 0.3 is 12.2 Å². The number of hydrogen-bond acceptors (Lipinski definition) is 6. The molecule has 0 spiro atoms. The van der Waals surface area contributed by atoms with Gasteiger partial charge in [-0.25, -0.2) is 4.79 Å².